The van der Waals surface area contributed by atoms with Gasteiger partial charge in [-0.25, -0.2) is 0 Å². The molecule has 0 spiro atoms. The second-order valence-electron chi connectivity index (χ2n) is 5.25. The quantitative estimate of drug-likeness (QED) is 0.713. The van der Waals surface area contributed by atoms with Gasteiger partial charge in [0.25, 0.3) is 5.91 Å². The number of amides is 1. The lowest BCUT2D eigenvalue weighted by Gasteiger charge is -2.07. The van der Waals surface area contributed by atoms with E-state index in [1.54, 1.807) is 25.2 Å². The van der Waals surface area contributed by atoms with Crippen LogP contribution < -0.4 is 5.32 Å². The van der Waals surface area contributed by atoms with E-state index in [2.05, 4.69) is 10.3 Å². The number of benzene rings is 2. The van der Waals surface area contributed by atoms with E-state index in [0.717, 1.165) is 10.9 Å². The molecule has 0 aliphatic carbocycles. The van der Waals surface area contributed by atoms with Gasteiger partial charge in [0.1, 0.15) is 0 Å². The maximum atomic E-state index is 12.2. The maximum Gasteiger partial charge on any atom is 0.251 e. The molecule has 116 valence electrons. The lowest BCUT2D eigenvalue weighted by molar-refractivity contribution is 0.0962. The van der Waals surface area contributed by atoms with Crippen LogP contribution in [0.1, 0.15) is 27.6 Å². The van der Waals surface area contributed by atoms with E-state index in [0.29, 0.717) is 27.4 Å². The molecule has 3 rings (SSSR count). The van der Waals surface area contributed by atoms with Crippen LogP contribution in [0.3, 0.4) is 0 Å². The SMILES string of the molecule is CNC(=O)c1ccc(Cl)c(-c2[nH]c3ccccc3c2C(C)=O)c1. The molecule has 0 saturated carbocycles. The van der Waals surface area contributed by atoms with E-state index in [9.17, 15) is 9.59 Å². The largest absolute Gasteiger partial charge is 0.355 e. The van der Waals surface area contributed by atoms with Crippen molar-refractivity contribution < 1.29 is 9.59 Å². The number of Topliss-reactive ketones (excluding diaryl/α,β-unsaturated/α-hetero) is 1. The van der Waals surface area contributed by atoms with E-state index in [1.807, 2.05) is 24.3 Å². The van der Waals surface area contributed by atoms with Crippen molar-refractivity contribution in [3.8, 4) is 11.3 Å². The molecule has 0 aliphatic rings. The third kappa shape index (κ3) is 2.62. The summed E-state index contributed by atoms with van der Waals surface area (Å²) in [6.07, 6.45) is 0. The highest BCUT2D eigenvalue weighted by Gasteiger charge is 2.19. The third-order valence-electron chi connectivity index (χ3n) is 3.78. The van der Waals surface area contributed by atoms with Gasteiger partial charge in [-0.05, 0) is 31.2 Å². The number of carbonyl (C=O) groups is 2. The topological polar surface area (TPSA) is 62.0 Å². The number of aromatic nitrogens is 1. The van der Waals surface area contributed by atoms with Crippen molar-refractivity contribution >= 4 is 34.2 Å². The first-order valence-electron chi connectivity index (χ1n) is 7.16. The van der Waals surface area contributed by atoms with Gasteiger partial charge in [-0.1, -0.05) is 29.8 Å². The summed E-state index contributed by atoms with van der Waals surface area (Å²) in [6.45, 7) is 1.52. The normalized spacial score (nSPS) is 10.7. The molecule has 0 atom stereocenters. The Morgan fingerprint density at radius 1 is 1.13 bits per heavy atom. The van der Waals surface area contributed by atoms with Gasteiger partial charge in [-0.15, -0.1) is 0 Å². The Morgan fingerprint density at radius 3 is 2.57 bits per heavy atom. The summed E-state index contributed by atoms with van der Waals surface area (Å²) in [5.41, 5.74) is 3.19. The van der Waals surface area contributed by atoms with Crippen LogP contribution in [0.5, 0.6) is 0 Å². The van der Waals surface area contributed by atoms with Crippen molar-refractivity contribution in [3.05, 3.63) is 58.6 Å². The lowest BCUT2D eigenvalue weighted by Crippen LogP contribution is -2.17. The summed E-state index contributed by atoms with van der Waals surface area (Å²) in [5.74, 6) is -0.262. The van der Waals surface area contributed by atoms with Crippen LogP contribution in [0.25, 0.3) is 22.2 Å². The van der Waals surface area contributed by atoms with Crippen molar-refractivity contribution in [3.63, 3.8) is 0 Å². The van der Waals surface area contributed by atoms with Gasteiger partial charge in [0.15, 0.2) is 5.78 Å². The van der Waals surface area contributed by atoms with Crippen LogP contribution in [0, 0.1) is 0 Å². The molecule has 5 heteroatoms. The summed E-state index contributed by atoms with van der Waals surface area (Å²) in [5, 5.41) is 3.91. The average Bonchev–Trinajstić information content (AvgIpc) is 2.93. The highest BCUT2D eigenvalue weighted by Crippen LogP contribution is 2.35. The minimum absolute atomic E-state index is 0.0566. The van der Waals surface area contributed by atoms with E-state index in [-0.39, 0.29) is 11.7 Å². The number of hydrogen-bond donors (Lipinski definition) is 2. The van der Waals surface area contributed by atoms with Gasteiger partial charge < -0.3 is 10.3 Å². The molecule has 2 aromatic carbocycles. The molecule has 4 nitrogen and oxygen atoms in total. The van der Waals surface area contributed by atoms with Crippen LogP contribution in [-0.4, -0.2) is 23.7 Å². The summed E-state index contributed by atoms with van der Waals surface area (Å²) >= 11 is 6.32. The third-order valence-corrected chi connectivity index (χ3v) is 4.11. The van der Waals surface area contributed by atoms with Crippen LogP contribution in [0.4, 0.5) is 0 Å². The molecule has 1 aromatic heterocycles. The number of carbonyl (C=O) groups excluding carboxylic acids is 2. The molecule has 0 unspecified atom stereocenters. The van der Waals surface area contributed by atoms with E-state index >= 15 is 0 Å². The Balaban J connectivity index is 2.30. The Kier molecular flexibility index (Phi) is 3.92. The molecule has 1 amide bonds. The first-order valence-corrected chi connectivity index (χ1v) is 7.54. The maximum absolute atomic E-state index is 12.2. The fourth-order valence-electron chi connectivity index (χ4n) is 2.71. The molecule has 0 fully saturated rings. The molecule has 3 aromatic rings. The van der Waals surface area contributed by atoms with Gasteiger partial charge in [-0.3, -0.25) is 9.59 Å². The second kappa shape index (κ2) is 5.89. The number of halogens is 1. The molecular formula is C18H15ClN2O2. The highest BCUT2D eigenvalue weighted by molar-refractivity contribution is 6.34. The summed E-state index contributed by atoms with van der Waals surface area (Å²) in [7, 11) is 1.57. The van der Waals surface area contributed by atoms with Gasteiger partial charge in [0.2, 0.25) is 0 Å². The first kappa shape index (κ1) is 15.3. The van der Waals surface area contributed by atoms with Gasteiger partial charge in [0, 0.05) is 34.1 Å². The molecule has 0 radical (unpaired) electrons. The average molecular weight is 327 g/mol. The molecular weight excluding hydrogens is 312 g/mol. The first-order chi connectivity index (χ1) is 11.0. The van der Waals surface area contributed by atoms with Crippen molar-refractivity contribution in [2.45, 2.75) is 6.92 Å². The number of ketones is 1. The number of hydrogen-bond acceptors (Lipinski definition) is 2. The Morgan fingerprint density at radius 2 is 1.87 bits per heavy atom. The van der Waals surface area contributed by atoms with E-state index < -0.39 is 0 Å². The second-order valence-corrected chi connectivity index (χ2v) is 5.66. The standard InChI is InChI=1S/C18H15ClN2O2/c1-10(22)16-12-5-3-4-6-15(12)21-17(16)13-9-11(18(23)20-2)7-8-14(13)19/h3-9,21H,1-2H3,(H,20,23). The fraction of sp³-hybridized carbons (Fsp3) is 0.111. The number of aromatic amines is 1. The monoisotopic (exact) mass is 326 g/mol. The Hall–Kier alpha value is -2.59. The van der Waals surface area contributed by atoms with Crippen molar-refractivity contribution in [2.24, 2.45) is 0 Å². The van der Waals surface area contributed by atoms with E-state index in [4.69, 9.17) is 11.6 Å². The number of nitrogens with one attached hydrogen (secondary N) is 2. The van der Waals surface area contributed by atoms with Crippen molar-refractivity contribution in [1.29, 1.82) is 0 Å². The molecule has 2 N–H and O–H groups in total. The molecule has 23 heavy (non-hydrogen) atoms. The zero-order valence-corrected chi connectivity index (χ0v) is 13.5. The minimum atomic E-state index is -0.205. The molecule has 0 aliphatic heterocycles. The summed E-state index contributed by atoms with van der Waals surface area (Å²) in [4.78, 5) is 27.3. The minimum Gasteiger partial charge on any atom is -0.355 e. The van der Waals surface area contributed by atoms with Crippen LogP contribution in [0.15, 0.2) is 42.5 Å². The number of rotatable bonds is 3. The number of para-hydroxylation sites is 1. The van der Waals surface area contributed by atoms with Crippen molar-refractivity contribution in [2.75, 3.05) is 7.05 Å². The number of H-pyrrole nitrogens is 1. The lowest BCUT2D eigenvalue weighted by atomic mass is 10.0. The zero-order valence-electron chi connectivity index (χ0n) is 12.7. The van der Waals surface area contributed by atoms with E-state index in [1.165, 1.54) is 6.92 Å². The van der Waals surface area contributed by atoms with Crippen LogP contribution in [0.2, 0.25) is 5.02 Å². The summed E-state index contributed by atoms with van der Waals surface area (Å²) < 4.78 is 0. The molecule has 1 heterocycles. The predicted molar refractivity (Wildman–Crippen MR) is 92.1 cm³/mol. The zero-order chi connectivity index (χ0) is 16.6. The van der Waals surface area contributed by atoms with Gasteiger partial charge in [-0.2, -0.15) is 0 Å². The summed E-state index contributed by atoms with van der Waals surface area (Å²) in [6, 6.07) is 12.6. The predicted octanol–water partition coefficient (Wildman–Crippen LogP) is 4.05. The Labute approximate surface area is 138 Å². The van der Waals surface area contributed by atoms with Crippen molar-refractivity contribution in [1.82, 2.24) is 10.3 Å². The highest BCUT2D eigenvalue weighted by atomic mass is 35.5. The molecule has 0 bridgehead atoms. The van der Waals surface area contributed by atoms with Crippen LogP contribution >= 0.6 is 11.6 Å². The van der Waals surface area contributed by atoms with Gasteiger partial charge in [0.05, 0.1) is 11.3 Å². The molecule has 0 saturated heterocycles. The Bertz CT molecular complexity index is 928. The fourth-order valence-corrected chi connectivity index (χ4v) is 2.92. The van der Waals surface area contributed by atoms with Crippen LogP contribution in [-0.2, 0) is 0 Å². The number of fused-ring (bicyclic) bond motifs is 1. The smallest absolute Gasteiger partial charge is 0.251 e. The van der Waals surface area contributed by atoms with Gasteiger partial charge >= 0.3 is 0 Å².